The van der Waals surface area contributed by atoms with E-state index in [-0.39, 0.29) is 23.8 Å². The summed E-state index contributed by atoms with van der Waals surface area (Å²) < 4.78 is 1.10. The normalized spacial score (nSPS) is 15.3. The van der Waals surface area contributed by atoms with E-state index in [4.69, 9.17) is 0 Å². The first kappa shape index (κ1) is 22.3. The molecule has 0 aromatic heterocycles. The van der Waals surface area contributed by atoms with Gasteiger partial charge in [0.2, 0.25) is 11.8 Å². The number of aryl methyl sites for hydroxylation is 2. The number of rotatable bonds is 7. The molecule has 1 fully saturated rings. The first-order chi connectivity index (χ1) is 12.8. The summed E-state index contributed by atoms with van der Waals surface area (Å²) in [5, 5.41) is 3.14. The molecule has 0 unspecified atom stereocenters. The Balaban J connectivity index is 1.78. The lowest BCUT2D eigenvalue weighted by molar-refractivity contribution is -0.136. The molecular weight excluding hydrogens is 424 g/mol. The van der Waals surface area contributed by atoms with Crippen molar-refractivity contribution in [1.29, 1.82) is 0 Å². The summed E-state index contributed by atoms with van der Waals surface area (Å²) in [5.41, 5.74) is 2.36. The Morgan fingerprint density at radius 1 is 1.19 bits per heavy atom. The number of nitrogens with one attached hydrogen (secondary N) is 1. The van der Waals surface area contributed by atoms with E-state index in [9.17, 15) is 9.59 Å². The minimum absolute atomic E-state index is 0.0738. The summed E-state index contributed by atoms with van der Waals surface area (Å²) in [6, 6.07) is 4.40. The minimum atomic E-state index is 0.0738. The molecule has 4 nitrogen and oxygen atoms in total. The minimum Gasteiger partial charge on any atom is -0.353 e. The van der Waals surface area contributed by atoms with Gasteiger partial charge in [0, 0.05) is 34.4 Å². The molecule has 1 aliphatic rings. The second-order valence-electron chi connectivity index (χ2n) is 7.34. The van der Waals surface area contributed by atoms with Crippen molar-refractivity contribution in [3.05, 3.63) is 27.7 Å². The van der Waals surface area contributed by atoms with Gasteiger partial charge in [-0.3, -0.25) is 9.59 Å². The van der Waals surface area contributed by atoms with Gasteiger partial charge in [-0.2, -0.15) is 0 Å². The van der Waals surface area contributed by atoms with Gasteiger partial charge >= 0.3 is 0 Å². The van der Waals surface area contributed by atoms with Gasteiger partial charge in [0.05, 0.1) is 5.75 Å². The summed E-state index contributed by atoms with van der Waals surface area (Å²) in [4.78, 5) is 27.9. The van der Waals surface area contributed by atoms with E-state index in [1.807, 2.05) is 4.90 Å². The number of likely N-dealkylation sites (tertiary alicyclic amines) is 1. The number of piperidine rings is 1. The molecule has 1 aromatic rings. The maximum atomic E-state index is 12.5. The Bertz CT molecular complexity index is 668. The molecule has 1 aliphatic heterocycles. The van der Waals surface area contributed by atoms with E-state index in [1.54, 1.807) is 11.8 Å². The zero-order chi connectivity index (χ0) is 20.0. The number of carbonyl (C=O) groups excluding carboxylic acids is 2. The summed E-state index contributed by atoms with van der Waals surface area (Å²) in [6.45, 7) is 9.77. The third-order valence-electron chi connectivity index (χ3n) is 5.32. The highest BCUT2D eigenvalue weighted by Crippen LogP contribution is 2.28. The SMILES string of the molecule is CCC(CC)C(=O)N1CCC(NC(=O)CSc2cc(C)c(Br)cc2C)CC1. The number of carbonyl (C=O) groups is 2. The summed E-state index contributed by atoms with van der Waals surface area (Å²) in [7, 11) is 0. The van der Waals surface area contributed by atoms with E-state index in [2.05, 4.69) is 61.1 Å². The number of benzene rings is 1. The first-order valence-corrected chi connectivity index (χ1v) is 11.6. The lowest BCUT2D eigenvalue weighted by Crippen LogP contribution is -2.48. The summed E-state index contributed by atoms with van der Waals surface area (Å²) in [5.74, 6) is 0.922. The van der Waals surface area contributed by atoms with E-state index in [0.717, 1.165) is 48.1 Å². The third-order valence-corrected chi connectivity index (χ3v) is 7.33. The number of hydrogen-bond donors (Lipinski definition) is 1. The Morgan fingerprint density at radius 3 is 2.41 bits per heavy atom. The van der Waals surface area contributed by atoms with Crippen LogP contribution in [0.1, 0.15) is 50.7 Å². The molecule has 1 aromatic carbocycles. The molecular formula is C21H31BrN2O2S. The van der Waals surface area contributed by atoms with Crippen molar-refractivity contribution in [2.75, 3.05) is 18.8 Å². The lowest BCUT2D eigenvalue weighted by atomic mass is 9.98. The van der Waals surface area contributed by atoms with Crippen LogP contribution in [0.15, 0.2) is 21.5 Å². The largest absolute Gasteiger partial charge is 0.353 e. The molecule has 2 rings (SSSR count). The first-order valence-electron chi connectivity index (χ1n) is 9.83. The number of thioether (sulfide) groups is 1. The fraction of sp³-hybridized carbons (Fsp3) is 0.619. The molecule has 1 N–H and O–H groups in total. The van der Waals surface area contributed by atoms with Crippen molar-refractivity contribution in [3.8, 4) is 0 Å². The van der Waals surface area contributed by atoms with Crippen molar-refractivity contribution < 1.29 is 9.59 Å². The average molecular weight is 455 g/mol. The van der Waals surface area contributed by atoms with E-state index >= 15 is 0 Å². The van der Waals surface area contributed by atoms with Gasteiger partial charge in [-0.05, 0) is 62.8 Å². The van der Waals surface area contributed by atoms with E-state index in [0.29, 0.717) is 5.75 Å². The van der Waals surface area contributed by atoms with Gasteiger partial charge < -0.3 is 10.2 Å². The lowest BCUT2D eigenvalue weighted by Gasteiger charge is -2.34. The van der Waals surface area contributed by atoms with Crippen molar-refractivity contribution in [2.24, 2.45) is 5.92 Å². The van der Waals surface area contributed by atoms with Crippen molar-refractivity contribution >= 4 is 39.5 Å². The second kappa shape index (κ2) is 10.5. The quantitative estimate of drug-likeness (QED) is 0.607. The van der Waals surface area contributed by atoms with Crippen LogP contribution in [-0.4, -0.2) is 41.6 Å². The number of nitrogens with zero attached hydrogens (tertiary/aromatic N) is 1. The molecule has 0 atom stereocenters. The molecule has 0 aliphatic carbocycles. The van der Waals surface area contributed by atoms with Gasteiger partial charge in [-0.15, -0.1) is 11.8 Å². The van der Waals surface area contributed by atoms with Gasteiger partial charge in [-0.1, -0.05) is 29.8 Å². The molecule has 27 heavy (non-hydrogen) atoms. The predicted molar refractivity (Wildman–Crippen MR) is 116 cm³/mol. The molecule has 0 spiro atoms. The van der Waals surface area contributed by atoms with Crippen LogP contribution in [0.3, 0.4) is 0 Å². The summed E-state index contributed by atoms with van der Waals surface area (Å²) >= 11 is 5.13. The predicted octanol–water partition coefficient (Wildman–Crippen LogP) is 4.70. The highest BCUT2D eigenvalue weighted by atomic mass is 79.9. The number of halogens is 1. The Kier molecular flexibility index (Phi) is 8.67. The van der Waals surface area contributed by atoms with Crippen LogP contribution in [0.4, 0.5) is 0 Å². The fourth-order valence-corrected chi connectivity index (χ4v) is 4.84. The molecule has 1 heterocycles. The second-order valence-corrected chi connectivity index (χ2v) is 9.21. The fourth-order valence-electron chi connectivity index (χ4n) is 3.46. The van der Waals surface area contributed by atoms with Crippen LogP contribution in [0.25, 0.3) is 0 Å². The number of amides is 2. The zero-order valence-corrected chi connectivity index (χ0v) is 19.2. The standard InChI is InChI=1S/C21H31BrN2O2S/c1-5-16(6-2)21(26)24-9-7-17(8-10-24)23-20(25)13-27-19-12-14(3)18(22)11-15(19)4/h11-12,16-17H,5-10,13H2,1-4H3,(H,23,25). The highest BCUT2D eigenvalue weighted by molar-refractivity contribution is 9.10. The molecule has 0 bridgehead atoms. The van der Waals surface area contributed by atoms with Crippen molar-refractivity contribution in [2.45, 2.75) is 64.3 Å². The van der Waals surface area contributed by atoms with Crippen LogP contribution in [-0.2, 0) is 9.59 Å². The van der Waals surface area contributed by atoms with Crippen molar-refractivity contribution in [1.82, 2.24) is 10.2 Å². The molecule has 6 heteroatoms. The molecule has 0 saturated carbocycles. The summed E-state index contributed by atoms with van der Waals surface area (Å²) in [6.07, 6.45) is 3.49. The van der Waals surface area contributed by atoms with Crippen LogP contribution >= 0.6 is 27.7 Å². The number of hydrogen-bond acceptors (Lipinski definition) is 3. The van der Waals surface area contributed by atoms with Gasteiger partial charge in [0.1, 0.15) is 0 Å². The van der Waals surface area contributed by atoms with Gasteiger partial charge in [0.15, 0.2) is 0 Å². The molecule has 1 saturated heterocycles. The maximum absolute atomic E-state index is 12.5. The average Bonchev–Trinajstić information content (AvgIpc) is 2.65. The van der Waals surface area contributed by atoms with E-state index < -0.39 is 0 Å². The highest BCUT2D eigenvalue weighted by Gasteiger charge is 2.27. The van der Waals surface area contributed by atoms with Crippen LogP contribution < -0.4 is 5.32 Å². The van der Waals surface area contributed by atoms with Crippen molar-refractivity contribution in [3.63, 3.8) is 0 Å². The third kappa shape index (κ3) is 6.24. The monoisotopic (exact) mass is 454 g/mol. The Hall–Kier alpha value is -1.01. The maximum Gasteiger partial charge on any atom is 0.230 e. The topological polar surface area (TPSA) is 49.4 Å². The van der Waals surface area contributed by atoms with Crippen LogP contribution in [0.2, 0.25) is 0 Å². The van der Waals surface area contributed by atoms with E-state index in [1.165, 1.54) is 11.1 Å². The molecule has 2 amide bonds. The van der Waals surface area contributed by atoms with Gasteiger partial charge in [0.25, 0.3) is 0 Å². The molecule has 150 valence electrons. The van der Waals surface area contributed by atoms with Crippen LogP contribution in [0.5, 0.6) is 0 Å². The van der Waals surface area contributed by atoms with Gasteiger partial charge in [-0.25, -0.2) is 0 Å². The smallest absolute Gasteiger partial charge is 0.230 e. The van der Waals surface area contributed by atoms with Crippen LogP contribution in [0, 0.1) is 19.8 Å². The zero-order valence-electron chi connectivity index (χ0n) is 16.8. The Labute approximate surface area is 176 Å². The Morgan fingerprint density at radius 2 is 1.81 bits per heavy atom. The molecule has 0 radical (unpaired) electrons.